The number of rotatable bonds is 3. The van der Waals surface area contributed by atoms with Crippen molar-refractivity contribution in [3.05, 3.63) is 0 Å². The van der Waals surface area contributed by atoms with Crippen LogP contribution in [0, 0.1) is 28.6 Å². The smallest absolute Gasteiger partial charge is 0.0468 e. The summed E-state index contributed by atoms with van der Waals surface area (Å²) in [6, 6.07) is 0. The van der Waals surface area contributed by atoms with Crippen molar-refractivity contribution in [1.29, 1.82) is 0 Å². The minimum Gasteiger partial charge on any atom is -0.381 e. The van der Waals surface area contributed by atoms with Crippen molar-refractivity contribution in [2.24, 2.45) is 28.6 Å². The molecular weight excluding hydrogens is 234 g/mol. The van der Waals surface area contributed by atoms with E-state index in [9.17, 15) is 0 Å². The van der Waals surface area contributed by atoms with Crippen molar-refractivity contribution in [1.82, 2.24) is 5.32 Å². The molecule has 5 rings (SSSR count). The standard InChI is InChI=1S/C17H29NO/c1-18-12-16-7-13-6-14(8-16)10-17(9-13,11-16)15-2-4-19-5-3-15/h13-15,18H,2-12H2,1H3. The summed E-state index contributed by atoms with van der Waals surface area (Å²) >= 11 is 0. The fraction of sp³-hybridized carbons (Fsp3) is 1.00. The molecule has 0 aromatic carbocycles. The summed E-state index contributed by atoms with van der Waals surface area (Å²) in [4.78, 5) is 0. The molecule has 2 nitrogen and oxygen atoms in total. The predicted octanol–water partition coefficient (Wildman–Crippen LogP) is 3.22. The van der Waals surface area contributed by atoms with Crippen LogP contribution < -0.4 is 5.32 Å². The van der Waals surface area contributed by atoms with Crippen molar-refractivity contribution in [3.63, 3.8) is 0 Å². The van der Waals surface area contributed by atoms with Gasteiger partial charge >= 0.3 is 0 Å². The SMILES string of the molecule is CNCC12CC3CC(C1)CC(C1CCOCC1)(C3)C2. The van der Waals surface area contributed by atoms with E-state index in [1.807, 2.05) is 0 Å². The zero-order chi connectivity index (χ0) is 12.9. The van der Waals surface area contributed by atoms with Gasteiger partial charge in [0.1, 0.15) is 0 Å². The molecule has 1 saturated heterocycles. The average molecular weight is 263 g/mol. The lowest BCUT2D eigenvalue weighted by Gasteiger charge is -2.65. The Morgan fingerprint density at radius 1 is 1.05 bits per heavy atom. The van der Waals surface area contributed by atoms with Crippen molar-refractivity contribution >= 4 is 0 Å². The summed E-state index contributed by atoms with van der Waals surface area (Å²) < 4.78 is 5.62. The fourth-order valence-electron chi connectivity index (χ4n) is 6.90. The second-order valence-corrected chi connectivity index (χ2v) is 8.24. The lowest BCUT2D eigenvalue weighted by molar-refractivity contribution is -0.149. The number of nitrogens with one attached hydrogen (secondary N) is 1. The van der Waals surface area contributed by atoms with Crippen LogP contribution in [0.1, 0.15) is 51.4 Å². The summed E-state index contributed by atoms with van der Waals surface area (Å²) in [5, 5.41) is 3.52. The number of ether oxygens (including phenoxy) is 1. The van der Waals surface area contributed by atoms with E-state index in [1.54, 1.807) is 19.3 Å². The lowest BCUT2D eigenvalue weighted by atomic mass is 9.41. The monoisotopic (exact) mass is 263 g/mol. The highest BCUT2D eigenvalue weighted by atomic mass is 16.5. The molecule has 0 aromatic rings. The van der Waals surface area contributed by atoms with Gasteiger partial charge in [-0.25, -0.2) is 0 Å². The Bertz CT molecular complexity index is 333. The van der Waals surface area contributed by atoms with E-state index in [4.69, 9.17) is 4.74 Å². The molecule has 19 heavy (non-hydrogen) atoms. The normalized spacial score (nSPS) is 49.7. The van der Waals surface area contributed by atoms with Crippen LogP contribution in [0.5, 0.6) is 0 Å². The van der Waals surface area contributed by atoms with Gasteiger partial charge in [0.25, 0.3) is 0 Å². The highest BCUT2D eigenvalue weighted by molar-refractivity contribution is 5.10. The maximum Gasteiger partial charge on any atom is 0.0468 e. The van der Waals surface area contributed by atoms with E-state index in [1.165, 1.54) is 38.6 Å². The Morgan fingerprint density at radius 2 is 1.74 bits per heavy atom. The molecule has 4 bridgehead atoms. The number of hydrogen-bond donors (Lipinski definition) is 1. The molecule has 2 heteroatoms. The fourth-order valence-corrected chi connectivity index (χ4v) is 6.90. The van der Waals surface area contributed by atoms with Gasteiger partial charge in [-0.3, -0.25) is 0 Å². The van der Waals surface area contributed by atoms with E-state index in [-0.39, 0.29) is 0 Å². The average Bonchev–Trinajstić information content (AvgIpc) is 2.38. The molecule has 0 amide bonds. The van der Waals surface area contributed by atoms with Crippen LogP contribution in [-0.2, 0) is 4.74 Å². The van der Waals surface area contributed by atoms with Crippen molar-refractivity contribution in [3.8, 4) is 0 Å². The predicted molar refractivity (Wildman–Crippen MR) is 77.0 cm³/mol. The molecular formula is C17H29NO. The van der Waals surface area contributed by atoms with Crippen LogP contribution in [-0.4, -0.2) is 26.8 Å². The van der Waals surface area contributed by atoms with Gasteiger partial charge in [0.05, 0.1) is 0 Å². The highest BCUT2D eigenvalue weighted by Gasteiger charge is 2.59. The Balaban J connectivity index is 1.62. The van der Waals surface area contributed by atoms with Crippen LogP contribution in [0.15, 0.2) is 0 Å². The molecule has 1 N–H and O–H groups in total. The Morgan fingerprint density at radius 3 is 2.37 bits per heavy atom. The van der Waals surface area contributed by atoms with Crippen LogP contribution in [0.4, 0.5) is 0 Å². The lowest BCUT2D eigenvalue weighted by Crippen LogP contribution is -2.57. The van der Waals surface area contributed by atoms with Gasteiger partial charge in [-0.1, -0.05) is 0 Å². The zero-order valence-electron chi connectivity index (χ0n) is 12.4. The molecule has 0 spiro atoms. The molecule has 0 radical (unpaired) electrons. The van der Waals surface area contributed by atoms with E-state index in [2.05, 4.69) is 12.4 Å². The first kappa shape index (κ1) is 12.6. The zero-order valence-corrected chi connectivity index (χ0v) is 12.4. The minimum absolute atomic E-state index is 0.664. The van der Waals surface area contributed by atoms with E-state index in [0.29, 0.717) is 10.8 Å². The van der Waals surface area contributed by atoms with Gasteiger partial charge in [-0.05, 0) is 87.0 Å². The van der Waals surface area contributed by atoms with Crippen LogP contribution in [0.3, 0.4) is 0 Å². The van der Waals surface area contributed by atoms with Crippen molar-refractivity contribution in [2.45, 2.75) is 51.4 Å². The summed E-state index contributed by atoms with van der Waals surface area (Å²) in [5.74, 6) is 3.08. The number of hydrogen-bond acceptors (Lipinski definition) is 2. The van der Waals surface area contributed by atoms with Gasteiger partial charge in [0.2, 0.25) is 0 Å². The van der Waals surface area contributed by atoms with Gasteiger partial charge in [-0.2, -0.15) is 0 Å². The van der Waals surface area contributed by atoms with Gasteiger partial charge in [0, 0.05) is 19.8 Å². The Kier molecular flexibility index (Phi) is 2.97. The summed E-state index contributed by atoms with van der Waals surface area (Å²) in [7, 11) is 2.15. The van der Waals surface area contributed by atoms with Crippen molar-refractivity contribution in [2.75, 3.05) is 26.8 Å². The van der Waals surface area contributed by atoms with Crippen molar-refractivity contribution < 1.29 is 4.74 Å². The largest absolute Gasteiger partial charge is 0.381 e. The van der Waals surface area contributed by atoms with Crippen LogP contribution >= 0.6 is 0 Å². The molecule has 5 fully saturated rings. The van der Waals surface area contributed by atoms with Gasteiger partial charge < -0.3 is 10.1 Å². The molecule has 4 saturated carbocycles. The first-order valence-electron chi connectivity index (χ1n) is 8.46. The summed E-state index contributed by atoms with van der Waals surface area (Å²) in [6.45, 7) is 3.33. The molecule has 2 unspecified atom stereocenters. The third kappa shape index (κ3) is 1.98. The maximum absolute atomic E-state index is 5.62. The van der Waals surface area contributed by atoms with E-state index < -0.39 is 0 Å². The Hall–Kier alpha value is -0.0800. The molecule has 0 aromatic heterocycles. The van der Waals surface area contributed by atoms with Crippen LogP contribution in [0.25, 0.3) is 0 Å². The molecule has 1 heterocycles. The quantitative estimate of drug-likeness (QED) is 0.844. The third-order valence-electron chi connectivity index (χ3n) is 6.87. The molecule has 4 aliphatic carbocycles. The minimum atomic E-state index is 0.664. The second kappa shape index (κ2) is 4.46. The van der Waals surface area contributed by atoms with Gasteiger partial charge in [0.15, 0.2) is 0 Å². The molecule has 1 aliphatic heterocycles. The van der Waals surface area contributed by atoms with E-state index in [0.717, 1.165) is 31.0 Å². The van der Waals surface area contributed by atoms with E-state index >= 15 is 0 Å². The Labute approximate surface area is 117 Å². The first-order chi connectivity index (χ1) is 9.24. The molecule has 2 atom stereocenters. The van der Waals surface area contributed by atoms with Gasteiger partial charge in [-0.15, -0.1) is 0 Å². The molecule has 108 valence electrons. The topological polar surface area (TPSA) is 21.3 Å². The van der Waals surface area contributed by atoms with Crippen LogP contribution in [0.2, 0.25) is 0 Å². The second-order valence-electron chi connectivity index (χ2n) is 8.24. The summed E-state index contributed by atoms with van der Waals surface area (Å²) in [6.07, 6.45) is 11.9. The highest BCUT2D eigenvalue weighted by Crippen LogP contribution is 2.68. The first-order valence-corrected chi connectivity index (χ1v) is 8.46. The maximum atomic E-state index is 5.62. The third-order valence-corrected chi connectivity index (χ3v) is 6.87. The molecule has 5 aliphatic rings. The summed E-state index contributed by atoms with van der Waals surface area (Å²) in [5.41, 5.74) is 1.38.